The van der Waals surface area contributed by atoms with Gasteiger partial charge in [-0.2, -0.15) is 0 Å². The molecule has 0 aliphatic heterocycles. The first-order valence-corrected chi connectivity index (χ1v) is 9.66. The van der Waals surface area contributed by atoms with Gasteiger partial charge in [-0.15, -0.1) is 0 Å². The molecule has 5 nitrogen and oxygen atoms in total. The van der Waals surface area contributed by atoms with Gasteiger partial charge in [0.1, 0.15) is 0 Å². The molecule has 0 saturated heterocycles. The summed E-state index contributed by atoms with van der Waals surface area (Å²) in [6.45, 7) is 5.47. The van der Waals surface area contributed by atoms with Crippen LogP contribution in [-0.2, 0) is 9.59 Å². The number of hydrogen-bond acceptors (Lipinski definition) is 2. The highest BCUT2D eigenvalue weighted by Crippen LogP contribution is 2.21. The van der Waals surface area contributed by atoms with Gasteiger partial charge in [0.25, 0.3) is 11.8 Å². The van der Waals surface area contributed by atoms with E-state index in [0.717, 1.165) is 48.4 Å². The second kappa shape index (κ2) is 10.1. The first kappa shape index (κ1) is 20.2. The molecule has 0 aromatic heterocycles. The Morgan fingerprint density at radius 1 is 1.15 bits per heavy atom. The molecular formula is C21H32N3O2+. The number of amides is 2. The third-order valence-electron chi connectivity index (χ3n) is 4.61. The van der Waals surface area contributed by atoms with Crippen molar-refractivity contribution in [3.8, 4) is 0 Å². The summed E-state index contributed by atoms with van der Waals surface area (Å²) in [6.07, 6.45) is 7.55. The molecule has 5 heteroatoms. The molecule has 1 aliphatic carbocycles. The van der Waals surface area contributed by atoms with Crippen LogP contribution in [0, 0.1) is 6.92 Å². The summed E-state index contributed by atoms with van der Waals surface area (Å²) in [5.41, 5.74) is 3.11. The summed E-state index contributed by atoms with van der Waals surface area (Å²) in [6, 6.07) is 7.73. The maximum atomic E-state index is 12.8. The molecule has 0 fully saturated rings. The van der Waals surface area contributed by atoms with Crippen molar-refractivity contribution in [2.24, 2.45) is 0 Å². The van der Waals surface area contributed by atoms with Gasteiger partial charge in [-0.1, -0.05) is 30.7 Å². The smallest absolute Gasteiger partial charge is 0.281 e. The minimum Gasteiger partial charge on any atom is -0.322 e. The van der Waals surface area contributed by atoms with Gasteiger partial charge in [0.15, 0.2) is 13.1 Å². The van der Waals surface area contributed by atoms with Crippen molar-refractivity contribution in [2.45, 2.75) is 46.0 Å². The number of nitrogens with one attached hydrogen (secondary N) is 2. The second-order valence-electron chi connectivity index (χ2n) is 7.21. The molecule has 1 aromatic rings. The minimum atomic E-state index is -0.0712. The van der Waals surface area contributed by atoms with Crippen molar-refractivity contribution in [3.05, 3.63) is 41.6 Å². The molecular weight excluding hydrogens is 326 g/mol. The Kier molecular flexibility index (Phi) is 7.85. The highest BCUT2D eigenvalue weighted by Gasteiger charge is 2.22. The lowest BCUT2D eigenvalue weighted by molar-refractivity contribution is -0.862. The predicted molar refractivity (Wildman–Crippen MR) is 105 cm³/mol. The van der Waals surface area contributed by atoms with E-state index in [1.807, 2.05) is 43.1 Å². The monoisotopic (exact) mass is 358 g/mol. The van der Waals surface area contributed by atoms with Crippen molar-refractivity contribution in [2.75, 3.05) is 32.0 Å². The van der Waals surface area contributed by atoms with E-state index in [9.17, 15) is 9.59 Å². The third kappa shape index (κ3) is 6.30. The molecule has 0 heterocycles. The number of quaternary nitrogens is 1. The number of hydrogen-bond donors (Lipinski definition) is 2. The average Bonchev–Trinajstić information content (AvgIpc) is 2.62. The van der Waals surface area contributed by atoms with E-state index in [0.29, 0.717) is 6.54 Å². The summed E-state index contributed by atoms with van der Waals surface area (Å²) < 4.78 is 0. The highest BCUT2D eigenvalue weighted by atomic mass is 16.2. The Balaban J connectivity index is 1.86. The lowest BCUT2D eigenvalue weighted by Gasteiger charge is -2.28. The van der Waals surface area contributed by atoms with Gasteiger partial charge < -0.3 is 15.1 Å². The Hall–Kier alpha value is -2.14. The Labute approximate surface area is 157 Å². The van der Waals surface area contributed by atoms with Crippen LogP contribution in [-0.4, -0.2) is 43.4 Å². The lowest BCUT2D eigenvalue weighted by atomic mass is 10.0. The highest BCUT2D eigenvalue weighted by molar-refractivity contribution is 5.91. The summed E-state index contributed by atoms with van der Waals surface area (Å²) in [4.78, 5) is 27.8. The number of nitrogens with zero attached hydrogens (tertiary/aromatic N) is 1. The van der Waals surface area contributed by atoms with Gasteiger partial charge in [0.2, 0.25) is 0 Å². The average molecular weight is 359 g/mol. The van der Waals surface area contributed by atoms with Gasteiger partial charge in [0.05, 0.1) is 7.05 Å². The largest absolute Gasteiger partial charge is 0.322 e. The number of anilines is 1. The van der Waals surface area contributed by atoms with E-state index in [1.165, 1.54) is 12.1 Å². The first-order valence-electron chi connectivity index (χ1n) is 9.66. The maximum absolute atomic E-state index is 12.8. The zero-order chi connectivity index (χ0) is 18.9. The first-order chi connectivity index (χ1) is 12.5. The van der Waals surface area contributed by atoms with E-state index < -0.39 is 0 Å². The van der Waals surface area contributed by atoms with Crippen molar-refractivity contribution in [1.29, 1.82) is 0 Å². The van der Waals surface area contributed by atoms with Crippen LogP contribution in [0.25, 0.3) is 0 Å². The van der Waals surface area contributed by atoms with Gasteiger partial charge in [-0.05, 0) is 51.2 Å². The van der Waals surface area contributed by atoms with Gasteiger partial charge in [-0.3, -0.25) is 9.59 Å². The fourth-order valence-electron chi connectivity index (χ4n) is 3.25. The number of carbonyl (C=O) groups is 2. The molecule has 0 bridgehead atoms. The van der Waals surface area contributed by atoms with E-state index in [2.05, 4.69) is 18.3 Å². The van der Waals surface area contributed by atoms with Crippen LogP contribution in [0.4, 0.5) is 5.69 Å². The Morgan fingerprint density at radius 3 is 2.50 bits per heavy atom. The van der Waals surface area contributed by atoms with Crippen LogP contribution >= 0.6 is 0 Å². The topological polar surface area (TPSA) is 53.9 Å². The van der Waals surface area contributed by atoms with E-state index in [-0.39, 0.29) is 18.4 Å². The standard InChI is InChI=1S/C21H31N3O2/c1-4-14-24(19-8-6-5-7-9-19)21(26)16-23(3)15-20(25)22-18-12-10-17(2)11-13-18/h8,10-13H,4-7,9,14-16H2,1-3H3,(H,22,25)/p+1. The third-order valence-corrected chi connectivity index (χ3v) is 4.61. The fraction of sp³-hybridized carbons (Fsp3) is 0.524. The number of rotatable bonds is 8. The molecule has 1 aromatic carbocycles. The van der Waals surface area contributed by atoms with Crippen LogP contribution in [0.15, 0.2) is 36.0 Å². The molecule has 2 amide bonds. The van der Waals surface area contributed by atoms with Gasteiger partial charge in [-0.25, -0.2) is 0 Å². The number of likely N-dealkylation sites (N-methyl/N-ethyl adjacent to an activating group) is 1. The molecule has 0 radical (unpaired) electrons. The molecule has 1 unspecified atom stereocenters. The maximum Gasteiger partial charge on any atom is 0.281 e. The van der Waals surface area contributed by atoms with Crippen molar-refractivity contribution >= 4 is 17.5 Å². The normalized spacial score (nSPS) is 15.1. The molecule has 0 saturated carbocycles. The van der Waals surface area contributed by atoms with Crippen LogP contribution < -0.4 is 10.2 Å². The summed E-state index contributed by atoms with van der Waals surface area (Å²) >= 11 is 0. The number of aryl methyl sites for hydroxylation is 1. The van der Waals surface area contributed by atoms with Gasteiger partial charge in [0, 0.05) is 17.9 Å². The molecule has 0 spiro atoms. The van der Waals surface area contributed by atoms with E-state index in [1.54, 1.807) is 0 Å². The number of benzene rings is 1. The molecule has 26 heavy (non-hydrogen) atoms. The zero-order valence-electron chi connectivity index (χ0n) is 16.3. The summed E-state index contributed by atoms with van der Waals surface area (Å²) in [7, 11) is 1.89. The Bertz CT molecular complexity index is 637. The van der Waals surface area contributed by atoms with Crippen molar-refractivity contribution in [3.63, 3.8) is 0 Å². The molecule has 1 aliphatic rings. The van der Waals surface area contributed by atoms with E-state index in [4.69, 9.17) is 0 Å². The van der Waals surface area contributed by atoms with E-state index >= 15 is 0 Å². The lowest BCUT2D eigenvalue weighted by Crippen LogP contribution is -3.11. The zero-order valence-corrected chi connectivity index (χ0v) is 16.3. The number of allylic oxidation sites excluding steroid dienone is 2. The fourth-order valence-corrected chi connectivity index (χ4v) is 3.25. The molecule has 2 N–H and O–H groups in total. The predicted octanol–water partition coefficient (Wildman–Crippen LogP) is 2.14. The molecule has 1 atom stereocenters. The van der Waals surface area contributed by atoms with Crippen LogP contribution in [0.2, 0.25) is 0 Å². The van der Waals surface area contributed by atoms with Crippen LogP contribution in [0.5, 0.6) is 0 Å². The van der Waals surface area contributed by atoms with Crippen molar-refractivity contribution in [1.82, 2.24) is 4.90 Å². The molecule has 2 rings (SSSR count). The minimum absolute atomic E-state index is 0.0712. The summed E-state index contributed by atoms with van der Waals surface area (Å²) in [5, 5.41) is 2.89. The van der Waals surface area contributed by atoms with Crippen molar-refractivity contribution < 1.29 is 14.5 Å². The quantitative estimate of drug-likeness (QED) is 0.748. The molecule has 142 valence electrons. The van der Waals surface area contributed by atoms with Crippen LogP contribution in [0.3, 0.4) is 0 Å². The number of carbonyl (C=O) groups excluding carboxylic acids is 2. The van der Waals surface area contributed by atoms with Gasteiger partial charge >= 0.3 is 0 Å². The second-order valence-corrected chi connectivity index (χ2v) is 7.21. The summed E-state index contributed by atoms with van der Waals surface area (Å²) in [5.74, 6) is 0.0405. The van der Waals surface area contributed by atoms with Crippen LogP contribution in [0.1, 0.15) is 44.6 Å². The SMILES string of the molecule is CCCN(C(=O)C[NH+](C)CC(=O)Nc1ccc(C)cc1)C1=CCCCC1. The Morgan fingerprint density at radius 2 is 1.88 bits per heavy atom.